The quantitative estimate of drug-likeness (QED) is 0.301. The maximum Gasteiger partial charge on any atom is 0.322 e. The SMILES string of the molecule is CC#CCOc1ccc(S(=O)(=O)N[C@H](Cc2cn(Cc3ccccc3C#N)c3ccccc23)C(=O)O)cc1. The van der Waals surface area contributed by atoms with E-state index in [2.05, 4.69) is 22.6 Å². The summed E-state index contributed by atoms with van der Waals surface area (Å²) in [7, 11) is -4.13. The summed E-state index contributed by atoms with van der Waals surface area (Å²) in [4.78, 5) is 12.1. The van der Waals surface area contributed by atoms with Gasteiger partial charge in [0.25, 0.3) is 0 Å². The minimum Gasteiger partial charge on any atom is -0.481 e. The van der Waals surface area contributed by atoms with E-state index in [9.17, 15) is 23.6 Å². The molecule has 2 N–H and O–H groups in total. The Morgan fingerprint density at radius 1 is 1.05 bits per heavy atom. The smallest absolute Gasteiger partial charge is 0.322 e. The highest BCUT2D eigenvalue weighted by Gasteiger charge is 2.27. The van der Waals surface area contributed by atoms with Gasteiger partial charge >= 0.3 is 5.97 Å². The van der Waals surface area contributed by atoms with Gasteiger partial charge < -0.3 is 14.4 Å². The van der Waals surface area contributed by atoms with Crippen LogP contribution in [0.15, 0.2) is 83.9 Å². The van der Waals surface area contributed by atoms with Crippen molar-refractivity contribution >= 4 is 26.9 Å². The Morgan fingerprint density at radius 2 is 1.76 bits per heavy atom. The molecule has 1 atom stereocenters. The molecule has 1 heterocycles. The van der Waals surface area contributed by atoms with E-state index in [1.165, 1.54) is 24.3 Å². The zero-order valence-corrected chi connectivity index (χ0v) is 21.4. The first-order valence-electron chi connectivity index (χ1n) is 11.7. The minimum absolute atomic E-state index is 0.0706. The van der Waals surface area contributed by atoms with Crippen LogP contribution in [-0.4, -0.2) is 36.7 Å². The fraction of sp³-hybridized carbons (Fsp3) is 0.172. The molecular formula is C29H25N3O5S. The number of para-hydroxylation sites is 1. The van der Waals surface area contributed by atoms with Crippen LogP contribution in [0.2, 0.25) is 0 Å². The number of fused-ring (bicyclic) bond motifs is 1. The van der Waals surface area contributed by atoms with Gasteiger partial charge in [-0.05, 0) is 54.4 Å². The molecule has 0 aliphatic carbocycles. The lowest BCUT2D eigenvalue weighted by Gasteiger charge is -2.15. The van der Waals surface area contributed by atoms with Crippen LogP contribution in [-0.2, 0) is 27.8 Å². The molecule has 0 saturated heterocycles. The molecule has 0 fully saturated rings. The van der Waals surface area contributed by atoms with Crippen LogP contribution < -0.4 is 9.46 Å². The van der Waals surface area contributed by atoms with E-state index in [-0.39, 0.29) is 17.9 Å². The molecule has 9 heteroatoms. The van der Waals surface area contributed by atoms with Gasteiger partial charge in [0.1, 0.15) is 18.4 Å². The van der Waals surface area contributed by atoms with Gasteiger partial charge in [-0.1, -0.05) is 42.3 Å². The summed E-state index contributed by atoms with van der Waals surface area (Å²) in [5.41, 5.74) is 2.90. The third kappa shape index (κ3) is 6.04. The van der Waals surface area contributed by atoms with Crippen LogP contribution in [0.1, 0.15) is 23.6 Å². The van der Waals surface area contributed by atoms with E-state index in [1.807, 2.05) is 47.2 Å². The lowest BCUT2D eigenvalue weighted by molar-refractivity contribution is -0.138. The second-order valence-corrected chi connectivity index (χ2v) is 10.2. The molecule has 8 nitrogen and oxygen atoms in total. The van der Waals surface area contributed by atoms with E-state index in [1.54, 1.807) is 19.1 Å². The highest BCUT2D eigenvalue weighted by atomic mass is 32.2. The zero-order chi connectivity index (χ0) is 27.1. The second kappa shape index (κ2) is 11.7. The molecule has 0 bridgehead atoms. The van der Waals surface area contributed by atoms with Gasteiger partial charge in [-0.25, -0.2) is 8.42 Å². The standard InChI is InChI=1S/C29H25N3O5S/c1-2-3-16-37-24-12-14-25(15-13-24)38(35,36)31-27(29(33)34)17-23-20-32(28-11-7-6-10-26(23)28)19-22-9-5-4-8-21(22)18-30/h4-15,20,27,31H,16-17,19H2,1H3,(H,33,34)/t27-/m1/s1. The number of benzene rings is 3. The van der Waals surface area contributed by atoms with Gasteiger partial charge in [-0.3, -0.25) is 4.79 Å². The molecule has 38 heavy (non-hydrogen) atoms. The predicted molar refractivity (Wildman–Crippen MR) is 143 cm³/mol. The minimum atomic E-state index is -4.13. The number of rotatable bonds is 10. The summed E-state index contributed by atoms with van der Waals surface area (Å²) < 4.78 is 35.7. The van der Waals surface area contributed by atoms with E-state index >= 15 is 0 Å². The molecule has 192 valence electrons. The average molecular weight is 528 g/mol. The van der Waals surface area contributed by atoms with Gasteiger partial charge in [-0.2, -0.15) is 9.98 Å². The Labute approximate surface area is 221 Å². The Morgan fingerprint density at radius 3 is 2.47 bits per heavy atom. The van der Waals surface area contributed by atoms with Crippen LogP contribution in [0.4, 0.5) is 0 Å². The van der Waals surface area contributed by atoms with E-state index < -0.39 is 22.0 Å². The van der Waals surface area contributed by atoms with Crippen molar-refractivity contribution in [1.82, 2.24) is 9.29 Å². The lowest BCUT2D eigenvalue weighted by Crippen LogP contribution is -2.42. The normalized spacial score (nSPS) is 11.8. The molecule has 4 rings (SSSR count). The Kier molecular flexibility index (Phi) is 8.12. The van der Waals surface area contributed by atoms with Crippen molar-refractivity contribution < 1.29 is 23.1 Å². The van der Waals surface area contributed by atoms with Gasteiger partial charge in [0, 0.05) is 30.1 Å². The van der Waals surface area contributed by atoms with E-state index in [4.69, 9.17) is 4.74 Å². The predicted octanol–water partition coefficient (Wildman–Crippen LogP) is 3.94. The first-order chi connectivity index (χ1) is 18.3. The molecule has 0 unspecified atom stereocenters. The summed E-state index contributed by atoms with van der Waals surface area (Å²) in [5, 5.41) is 20.2. The van der Waals surface area contributed by atoms with Crippen LogP contribution in [0.25, 0.3) is 10.9 Å². The van der Waals surface area contributed by atoms with E-state index in [0.717, 1.165) is 16.5 Å². The number of ether oxygens (including phenoxy) is 1. The third-order valence-corrected chi connectivity index (χ3v) is 7.48. The summed E-state index contributed by atoms with van der Waals surface area (Å²) in [6, 6.07) is 21.3. The number of nitriles is 1. The second-order valence-electron chi connectivity index (χ2n) is 8.47. The number of aromatic nitrogens is 1. The number of hydrogen-bond donors (Lipinski definition) is 2. The largest absolute Gasteiger partial charge is 0.481 e. The average Bonchev–Trinajstić information content (AvgIpc) is 3.26. The molecule has 0 saturated carbocycles. The van der Waals surface area contributed by atoms with Crippen LogP contribution >= 0.6 is 0 Å². The first-order valence-corrected chi connectivity index (χ1v) is 13.2. The summed E-state index contributed by atoms with van der Waals surface area (Å²) in [6.45, 7) is 2.28. The Bertz CT molecular complexity index is 1670. The van der Waals surface area contributed by atoms with Gasteiger partial charge in [0.15, 0.2) is 0 Å². The summed E-state index contributed by atoms with van der Waals surface area (Å²) >= 11 is 0. The highest BCUT2D eigenvalue weighted by molar-refractivity contribution is 7.89. The van der Waals surface area contributed by atoms with Crippen molar-refractivity contribution in [3.8, 4) is 23.7 Å². The lowest BCUT2D eigenvalue weighted by atomic mass is 10.1. The molecule has 0 spiro atoms. The van der Waals surface area contributed by atoms with Crippen molar-refractivity contribution in [2.75, 3.05) is 6.61 Å². The molecule has 1 aromatic heterocycles. The topological polar surface area (TPSA) is 121 Å². The third-order valence-electron chi connectivity index (χ3n) is 5.99. The van der Waals surface area contributed by atoms with Gasteiger partial charge in [0.05, 0.1) is 16.5 Å². The molecule has 0 aliphatic heterocycles. The molecular weight excluding hydrogens is 502 g/mol. The van der Waals surface area contributed by atoms with Crippen molar-refractivity contribution in [1.29, 1.82) is 5.26 Å². The van der Waals surface area contributed by atoms with Crippen molar-refractivity contribution in [3.05, 3.63) is 95.7 Å². The number of sulfonamides is 1. The number of hydrogen-bond acceptors (Lipinski definition) is 5. The van der Waals surface area contributed by atoms with Gasteiger partial charge in [0.2, 0.25) is 10.0 Å². The number of aliphatic carboxylic acids is 1. The van der Waals surface area contributed by atoms with Crippen molar-refractivity contribution in [3.63, 3.8) is 0 Å². The Balaban J connectivity index is 1.59. The molecule has 0 amide bonds. The molecule has 4 aromatic rings. The number of carboxylic acid groups (broad SMARTS) is 1. The maximum absolute atomic E-state index is 13.0. The van der Waals surface area contributed by atoms with Crippen LogP contribution in [0.3, 0.4) is 0 Å². The summed E-state index contributed by atoms with van der Waals surface area (Å²) in [5.74, 6) is 4.62. The number of carbonyl (C=O) groups is 1. The molecule has 0 aliphatic rings. The Hall–Kier alpha value is -4.57. The van der Waals surface area contributed by atoms with Crippen LogP contribution in [0.5, 0.6) is 5.75 Å². The number of nitrogens with zero attached hydrogens (tertiary/aromatic N) is 2. The van der Waals surface area contributed by atoms with Gasteiger partial charge in [-0.15, -0.1) is 5.92 Å². The highest BCUT2D eigenvalue weighted by Crippen LogP contribution is 2.25. The van der Waals surface area contributed by atoms with Crippen molar-refractivity contribution in [2.24, 2.45) is 0 Å². The molecule has 3 aromatic carbocycles. The monoisotopic (exact) mass is 527 g/mol. The molecule has 0 radical (unpaired) electrons. The fourth-order valence-electron chi connectivity index (χ4n) is 4.13. The van der Waals surface area contributed by atoms with E-state index in [0.29, 0.717) is 23.4 Å². The first kappa shape index (κ1) is 26.5. The fourth-order valence-corrected chi connectivity index (χ4v) is 5.32. The zero-order valence-electron chi connectivity index (χ0n) is 20.6. The van der Waals surface area contributed by atoms with Crippen molar-refractivity contribution in [2.45, 2.75) is 30.8 Å². The number of carboxylic acids is 1. The number of nitrogens with one attached hydrogen (secondary N) is 1. The maximum atomic E-state index is 13.0. The van der Waals surface area contributed by atoms with Crippen LogP contribution in [0, 0.1) is 23.2 Å². The summed E-state index contributed by atoms with van der Waals surface area (Å²) in [6.07, 6.45) is 1.74.